The lowest BCUT2D eigenvalue weighted by Gasteiger charge is -2.16. The molecular weight excluding hydrogens is 390 g/mol. The second-order valence-electron chi connectivity index (χ2n) is 6.57. The van der Waals surface area contributed by atoms with E-state index < -0.39 is 30.2 Å². The van der Waals surface area contributed by atoms with Crippen LogP contribution in [0, 0.1) is 6.92 Å². The van der Waals surface area contributed by atoms with Crippen molar-refractivity contribution in [1.82, 2.24) is 0 Å². The van der Waals surface area contributed by atoms with Crippen LogP contribution in [0.2, 0.25) is 0 Å². The minimum Gasteiger partial charge on any atom is -0.495 e. The van der Waals surface area contributed by atoms with E-state index in [1.54, 1.807) is 30.3 Å². The van der Waals surface area contributed by atoms with Gasteiger partial charge in [-0.3, -0.25) is 4.79 Å². The predicted molar refractivity (Wildman–Crippen MR) is 110 cm³/mol. The first-order chi connectivity index (χ1) is 14.4. The predicted octanol–water partition coefficient (Wildman–Crippen LogP) is 3.06. The minimum absolute atomic E-state index is 0.329. The summed E-state index contributed by atoms with van der Waals surface area (Å²) in [6.45, 7) is 2.93. The molecule has 0 radical (unpaired) electrons. The highest BCUT2D eigenvalue weighted by Gasteiger charge is 2.19. The molecule has 1 N–H and O–H groups in total. The molecule has 0 aliphatic rings. The molecule has 0 spiro atoms. The van der Waals surface area contributed by atoms with Crippen molar-refractivity contribution in [3.63, 3.8) is 0 Å². The molecule has 1 heterocycles. The molecule has 1 aromatic heterocycles. The average molecular weight is 411 g/mol. The van der Waals surface area contributed by atoms with Gasteiger partial charge in [0.2, 0.25) is 0 Å². The molecule has 30 heavy (non-hydrogen) atoms. The molecule has 1 unspecified atom stereocenters. The van der Waals surface area contributed by atoms with Crippen molar-refractivity contribution < 1.29 is 28.2 Å². The van der Waals surface area contributed by atoms with Gasteiger partial charge in [0.25, 0.3) is 5.91 Å². The molecule has 3 aromatic rings. The number of rotatable bonds is 7. The second-order valence-corrected chi connectivity index (χ2v) is 6.57. The Morgan fingerprint density at radius 3 is 2.63 bits per heavy atom. The van der Waals surface area contributed by atoms with E-state index in [9.17, 15) is 14.4 Å². The fourth-order valence-electron chi connectivity index (χ4n) is 2.71. The van der Waals surface area contributed by atoms with E-state index in [1.807, 2.05) is 13.0 Å². The van der Waals surface area contributed by atoms with Crippen LogP contribution in [0.1, 0.15) is 12.5 Å². The van der Waals surface area contributed by atoms with Crippen LogP contribution in [0.15, 0.2) is 57.7 Å². The Balaban J connectivity index is 1.56. The van der Waals surface area contributed by atoms with Crippen LogP contribution >= 0.6 is 0 Å². The summed E-state index contributed by atoms with van der Waals surface area (Å²) < 4.78 is 20.8. The number of esters is 1. The molecule has 0 saturated heterocycles. The van der Waals surface area contributed by atoms with Gasteiger partial charge < -0.3 is 23.9 Å². The van der Waals surface area contributed by atoms with E-state index in [0.29, 0.717) is 22.8 Å². The molecular formula is C22H21NO7. The molecule has 156 valence electrons. The Morgan fingerprint density at radius 2 is 1.87 bits per heavy atom. The molecule has 1 atom stereocenters. The van der Waals surface area contributed by atoms with Crippen LogP contribution in [-0.2, 0) is 14.3 Å². The summed E-state index contributed by atoms with van der Waals surface area (Å²) >= 11 is 0. The second kappa shape index (κ2) is 9.13. The summed E-state index contributed by atoms with van der Waals surface area (Å²) in [6.07, 6.45) is -1.04. The van der Waals surface area contributed by atoms with Crippen LogP contribution < -0.4 is 20.4 Å². The lowest BCUT2D eigenvalue weighted by atomic mass is 10.2. The van der Waals surface area contributed by atoms with Gasteiger partial charge in [-0.15, -0.1) is 0 Å². The summed E-state index contributed by atoms with van der Waals surface area (Å²) in [4.78, 5) is 35.7. The van der Waals surface area contributed by atoms with Gasteiger partial charge in [0.05, 0.1) is 12.8 Å². The van der Waals surface area contributed by atoms with Gasteiger partial charge in [0, 0.05) is 17.5 Å². The van der Waals surface area contributed by atoms with Gasteiger partial charge in [-0.2, -0.15) is 0 Å². The fraction of sp³-hybridized carbons (Fsp3) is 0.227. The van der Waals surface area contributed by atoms with Gasteiger partial charge in [0.1, 0.15) is 17.1 Å². The molecule has 8 nitrogen and oxygen atoms in total. The number of amides is 1. The van der Waals surface area contributed by atoms with E-state index in [0.717, 1.165) is 10.9 Å². The number of hydrogen-bond acceptors (Lipinski definition) is 7. The Labute approximate surface area is 172 Å². The van der Waals surface area contributed by atoms with Crippen LogP contribution in [0.25, 0.3) is 11.0 Å². The number of aryl methyl sites for hydroxylation is 1. The van der Waals surface area contributed by atoms with E-state index in [2.05, 4.69) is 5.32 Å². The van der Waals surface area contributed by atoms with Crippen molar-refractivity contribution in [2.75, 3.05) is 19.0 Å². The van der Waals surface area contributed by atoms with E-state index >= 15 is 0 Å². The van der Waals surface area contributed by atoms with Gasteiger partial charge in [-0.25, -0.2) is 9.59 Å². The maximum Gasteiger partial charge on any atom is 0.344 e. The summed E-state index contributed by atoms with van der Waals surface area (Å²) in [7, 11) is 1.50. The lowest BCUT2D eigenvalue weighted by Crippen LogP contribution is -2.31. The first-order valence-electron chi connectivity index (χ1n) is 9.17. The zero-order valence-electron chi connectivity index (χ0n) is 16.8. The average Bonchev–Trinajstić information content (AvgIpc) is 2.72. The smallest absolute Gasteiger partial charge is 0.344 e. The maximum atomic E-state index is 12.4. The number of benzene rings is 2. The quantitative estimate of drug-likeness (QED) is 0.471. The summed E-state index contributed by atoms with van der Waals surface area (Å²) in [6, 6.07) is 13.1. The number of ether oxygens (including phenoxy) is 3. The third kappa shape index (κ3) is 5.16. The van der Waals surface area contributed by atoms with Crippen LogP contribution in [0.4, 0.5) is 5.69 Å². The number of nitrogens with one attached hydrogen (secondary N) is 1. The highest BCUT2D eigenvalue weighted by molar-refractivity contribution is 5.96. The van der Waals surface area contributed by atoms with Gasteiger partial charge in [0.15, 0.2) is 12.7 Å². The monoisotopic (exact) mass is 411 g/mol. The fourth-order valence-corrected chi connectivity index (χ4v) is 2.71. The van der Waals surface area contributed by atoms with Crippen molar-refractivity contribution >= 4 is 28.5 Å². The number of carbonyl (C=O) groups excluding carboxylic acids is 2. The maximum absolute atomic E-state index is 12.4. The third-order valence-electron chi connectivity index (χ3n) is 4.24. The minimum atomic E-state index is -1.04. The number of methoxy groups -OCH3 is 1. The SMILES string of the molecule is COc1ccc(C)cc1NC(=O)C(C)OC(=O)COc1ccc2ccc(=O)oc2c1. The van der Waals surface area contributed by atoms with Crippen molar-refractivity contribution in [3.8, 4) is 11.5 Å². The Kier molecular flexibility index (Phi) is 6.36. The molecule has 0 bridgehead atoms. The van der Waals surface area contributed by atoms with Gasteiger partial charge in [-0.1, -0.05) is 6.07 Å². The molecule has 8 heteroatoms. The van der Waals surface area contributed by atoms with Crippen molar-refractivity contribution in [1.29, 1.82) is 0 Å². The molecule has 2 aromatic carbocycles. The first-order valence-corrected chi connectivity index (χ1v) is 9.17. The van der Waals surface area contributed by atoms with Gasteiger partial charge in [-0.05, 0) is 49.7 Å². The normalized spacial score (nSPS) is 11.6. The zero-order chi connectivity index (χ0) is 21.7. The lowest BCUT2D eigenvalue weighted by molar-refractivity contribution is -0.155. The van der Waals surface area contributed by atoms with Crippen molar-refractivity contribution in [3.05, 3.63) is 64.5 Å². The van der Waals surface area contributed by atoms with E-state index in [-0.39, 0.29) is 0 Å². The number of hydrogen-bond donors (Lipinski definition) is 1. The molecule has 0 aliphatic heterocycles. The van der Waals surface area contributed by atoms with Crippen molar-refractivity contribution in [2.45, 2.75) is 20.0 Å². The molecule has 1 amide bonds. The first kappa shape index (κ1) is 20.9. The highest BCUT2D eigenvalue weighted by Crippen LogP contribution is 2.25. The largest absolute Gasteiger partial charge is 0.495 e. The molecule has 0 aliphatic carbocycles. The van der Waals surface area contributed by atoms with Gasteiger partial charge >= 0.3 is 11.6 Å². The Morgan fingerprint density at radius 1 is 1.10 bits per heavy atom. The van der Waals surface area contributed by atoms with E-state index in [1.165, 1.54) is 26.2 Å². The highest BCUT2D eigenvalue weighted by atomic mass is 16.6. The molecule has 3 rings (SSSR count). The summed E-state index contributed by atoms with van der Waals surface area (Å²) in [5.74, 6) is -0.391. The number of anilines is 1. The third-order valence-corrected chi connectivity index (χ3v) is 4.24. The molecule has 0 fully saturated rings. The standard InChI is InChI=1S/C22H21NO7/c1-13-4-8-18(27-3)17(10-13)23-22(26)14(2)29-21(25)12-28-16-7-5-15-6-9-20(24)30-19(15)11-16/h4-11,14H,12H2,1-3H3,(H,23,26). The number of fused-ring (bicyclic) bond motifs is 1. The van der Waals surface area contributed by atoms with Crippen LogP contribution in [0.5, 0.6) is 11.5 Å². The summed E-state index contributed by atoms with van der Waals surface area (Å²) in [5, 5.41) is 3.41. The summed E-state index contributed by atoms with van der Waals surface area (Å²) in [5.41, 5.74) is 1.28. The Hall–Kier alpha value is -3.81. The number of carbonyl (C=O) groups is 2. The van der Waals surface area contributed by atoms with Crippen LogP contribution in [-0.4, -0.2) is 31.7 Å². The molecule has 0 saturated carbocycles. The van der Waals surface area contributed by atoms with E-state index in [4.69, 9.17) is 18.6 Å². The van der Waals surface area contributed by atoms with Crippen LogP contribution in [0.3, 0.4) is 0 Å². The Bertz CT molecular complexity index is 1140. The topological polar surface area (TPSA) is 104 Å². The zero-order valence-corrected chi connectivity index (χ0v) is 16.8. The van der Waals surface area contributed by atoms with Crippen molar-refractivity contribution in [2.24, 2.45) is 0 Å².